The fourth-order valence-electron chi connectivity index (χ4n) is 3.95. The lowest BCUT2D eigenvalue weighted by atomic mass is 10.00. The Labute approximate surface area is 239 Å². The zero-order valence-electron chi connectivity index (χ0n) is 23.6. The molecule has 10 N–H and O–H groups in total. The van der Waals surface area contributed by atoms with Crippen molar-refractivity contribution in [2.24, 2.45) is 17.4 Å². The van der Waals surface area contributed by atoms with Crippen molar-refractivity contribution in [1.29, 1.82) is 0 Å². The smallest absolute Gasteiger partial charge is 0.326 e. The minimum atomic E-state index is -1.33. The van der Waals surface area contributed by atoms with Crippen molar-refractivity contribution in [3.63, 3.8) is 0 Å². The summed E-state index contributed by atoms with van der Waals surface area (Å²) in [4.78, 5) is 74.3. The van der Waals surface area contributed by atoms with Crippen LogP contribution < -0.4 is 32.7 Å². The van der Waals surface area contributed by atoms with Gasteiger partial charge in [0.1, 0.15) is 29.9 Å². The molecule has 14 nitrogen and oxygen atoms in total. The van der Waals surface area contributed by atoms with E-state index in [1.165, 1.54) is 31.2 Å². The van der Waals surface area contributed by atoms with Gasteiger partial charge in [-0.1, -0.05) is 26.0 Å². The highest BCUT2D eigenvalue weighted by atomic mass is 16.4. The number of aliphatic carboxylic acids is 1. The molecule has 0 saturated carbocycles. The van der Waals surface area contributed by atoms with Crippen LogP contribution in [0, 0.1) is 5.92 Å². The predicted octanol–water partition coefficient (Wildman–Crippen LogP) is -0.971. The zero-order valence-corrected chi connectivity index (χ0v) is 23.6. The van der Waals surface area contributed by atoms with Crippen LogP contribution in [0.1, 0.15) is 58.4 Å². The molecule has 1 aromatic carbocycles. The third-order valence-electron chi connectivity index (χ3n) is 6.19. The number of carboxylic acids is 1. The van der Waals surface area contributed by atoms with Crippen molar-refractivity contribution in [3.8, 4) is 5.75 Å². The van der Waals surface area contributed by atoms with Crippen LogP contribution in [0.2, 0.25) is 0 Å². The molecule has 0 aliphatic rings. The van der Waals surface area contributed by atoms with E-state index in [0.717, 1.165) is 0 Å². The number of benzene rings is 1. The maximum Gasteiger partial charge on any atom is 0.326 e. The molecule has 0 unspecified atom stereocenters. The Balaban J connectivity index is 3.06. The molecular formula is C27H42N6O8. The zero-order chi connectivity index (χ0) is 31.1. The standard InChI is InChI=1S/C27H42N6O8/c1-15(2)23(26(39)32-21(27(40)41)14-17-7-9-18(35)10-8-17)33-25(38)20(11-12-22(29)36)31-24(37)19(30-16(3)34)6-4-5-13-28/h7-10,15,19-21,23,35H,4-6,11-14,28H2,1-3H3,(H2,29,36)(H,30,34)(H,31,37)(H,32,39)(H,33,38)(H,40,41)/t19-,20-,21-,23-/m0/s1. The Kier molecular flexibility index (Phi) is 14.8. The third kappa shape index (κ3) is 13.1. The van der Waals surface area contributed by atoms with Crippen molar-refractivity contribution >= 4 is 35.5 Å². The van der Waals surface area contributed by atoms with E-state index >= 15 is 0 Å². The van der Waals surface area contributed by atoms with E-state index in [9.17, 15) is 39.0 Å². The summed E-state index contributed by atoms with van der Waals surface area (Å²) in [5, 5.41) is 29.1. The molecule has 0 saturated heterocycles. The molecule has 0 fully saturated rings. The molecule has 5 amide bonds. The first-order valence-corrected chi connectivity index (χ1v) is 13.4. The predicted molar refractivity (Wildman–Crippen MR) is 149 cm³/mol. The van der Waals surface area contributed by atoms with Gasteiger partial charge in [0.15, 0.2) is 0 Å². The Morgan fingerprint density at radius 3 is 1.88 bits per heavy atom. The molecule has 0 aromatic heterocycles. The van der Waals surface area contributed by atoms with Crippen LogP contribution in [0.3, 0.4) is 0 Å². The number of rotatable bonds is 18. The van der Waals surface area contributed by atoms with E-state index in [4.69, 9.17) is 11.5 Å². The SMILES string of the molecule is CC(=O)N[C@@H](CCCCN)C(=O)N[C@@H](CCC(N)=O)C(=O)N[C@H](C(=O)N[C@@H](Cc1ccc(O)cc1)C(=O)O)C(C)C. The first-order chi connectivity index (χ1) is 19.2. The van der Waals surface area contributed by atoms with Gasteiger partial charge < -0.3 is 42.9 Å². The number of phenols is 1. The molecule has 1 aromatic rings. The van der Waals surface area contributed by atoms with Gasteiger partial charge in [0.2, 0.25) is 29.5 Å². The molecule has 0 aliphatic carbocycles. The number of aromatic hydroxyl groups is 1. The summed E-state index contributed by atoms with van der Waals surface area (Å²) < 4.78 is 0. The van der Waals surface area contributed by atoms with Crippen LogP contribution in [0.5, 0.6) is 5.75 Å². The maximum absolute atomic E-state index is 13.3. The topological polar surface area (TPSA) is 243 Å². The molecule has 0 spiro atoms. The van der Waals surface area contributed by atoms with Gasteiger partial charge in [0.25, 0.3) is 0 Å². The second kappa shape index (κ2) is 17.5. The van der Waals surface area contributed by atoms with Crippen LogP contribution >= 0.6 is 0 Å². The summed E-state index contributed by atoms with van der Waals surface area (Å²) in [5.74, 6) is -5.16. The first-order valence-electron chi connectivity index (χ1n) is 13.4. The fraction of sp³-hybridized carbons (Fsp3) is 0.556. The minimum absolute atomic E-state index is 0.00387. The number of carbonyl (C=O) groups is 6. The summed E-state index contributed by atoms with van der Waals surface area (Å²) in [6.07, 6.45) is 0.922. The lowest BCUT2D eigenvalue weighted by Crippen LogP contribution is -2.59. The molecular weight excluding hydrogens is 536 g/mol. The number of carbonyl (C=O) groups excluding carboxylic acids is 5. The van der Waals surface area contributed by atoms with E-state index < -0.39 is 65.6 Å². The van der Waals surface area contributed by atoms with Crippen LogP contribution in [-0.4, -0.2) is 76.4 Å². The largest absolute Gasteiger partial charge is 0.508 e. The first kappa shape index (κ1) is 34.8. The quantitative estimate of drug-likeness (QED) is 0.0997. The Morgan fingerprint density at radius 2 is 1.37 bits per heavy atom. The lowest BCUT2D eigenvalue weighted by Gasteiger charge is -2.27. The van der Waals surface area contributed by atoms with E-state index in [1.54, 1.807) is 13.8 Å². The van der Waals surface area contributed by atoms with Gasteiger partial charge in [-0.3, -0.25) is 24.0 Å². The maximum atomic E-state index is 13.3. The number of nitrogens with two attached hydrogens (primary N) is 2. The van der Waals surface area contributed by atoms with E-state index in [-0.39, 0.29) is 31.4 Å². The van der Waals surface area contributed by atoms with Gasteiger partial charge in [-0.2, -0.15) is 0 Å². The van der Waals surface area contributed by atoms with Gasteiger partial charge in [-0.25, -0.2) is 4.79 Å². The summed E-state index contributed by atoms with van der Waals surface area (Å²) in [6.45, 7) is 4.93. The van der Waals surface area contributed by atoms with E-state index in [0.29, 0.717) is 24.9 Å². The van der Waals surface area contributed by atoms with Crippen molar-refractivity contribution in [3.05, 3.63) is 29.8 Å². The number of hydrogen-bond donors (Lipinski definition) is 8. The Bertz CT molecular complexity index is 1060. The van der Waals surface area contributed by atoms with Crippen molar-refractivity contribution in [2.45, 2.75) is 83.5 Å². The number of carboxylic acid groups (broad SMARTS) is 1. The van der Waals surface area contributed by atoms with Gasteiger partial charge in [0.05, 0.1) is 0 Å². The highest BCUT2D eigenvalue weighted by Gasteiger charge is 2.32. The second-order valence-electron chi connectivity index (χ2n) is 10.1. The monoisotopic (exact) mass is 578 g/mol. The van der Waals surface area contributed by atoms with Gasteiger partial charge in [-0.05, 0) is 55.8 Å². The van der Waals surface area contributed by atoms with Crippen molar-refractivity contribution in [1.82, 2.24) is 21.3 Å². The summed E-state index contributed by atoms with van der Waals surface area (Å²) in [6, 6.07) is 1.08. The molecule has 228 valence electrons. The third-order valence-corrected chi connectivity index (χ3v) is 6.19. The number of nitrogens with one attached hydrogen (secondary N) is 4. The highest BCUT2D eigenvalue weighted by molar-refractivity contribution is 5.95. The number of phenolic OH excluding ortho intramolecular Hbond substituents is 1. The minimum Gasteiger partial charge on any atom is -0.508 e. The van der Waals surface area contributed by atoms with E-state index in [2.05, 4.69) is 21.3 Å². The molecule has 0 radical (unpaired) electrons. The van der Waals surface area contributed by atoms with Gasteiger partial charge >= 0.3 is 5.97 Å². The molecule has 0 heterocycles. The molecule has 41 heavy (non-hydrogen) atoms. The molecule has 4 atom stereocenters. The van der Waals surface area contributed by atoms with E-state index in [1.807, 2.05) is 0 Å². The molecule has 0 aliphatic heterocycles. The van der Waals surface area contributed by atoms with Crippen molar-refractivity contribution in [2.75, 3.05) is 6.54 Å². The summed E-state index contributed by atoms with van der Waals surface area (Å²) >= 11 is 0. The van der Waals surface area contributed by atoms with Crippen LogP contribution in [0.25, 0.3) is 0 Å². The van der Waals surface area contributed by atoms with Crippen LogP contribution in [-0.2, 0) is 35.2 Å². The average molecular weight is 579 g/mol. The Hall–Kier alpha value is -4.20. The number of hydrogen-bond acceptors (Lipinski definition) is 8. The van der Waals surface area contributed by atoms with Gasteiger partial charge in [-0.15, -0.1) is 0 Å². The highest BCUT2D eigenvalue weighted by Crippen LogP contribution is 2.12. The molecule has 14 heteroatoms. The number of amides is 5. The van der Waals surface area contributed by atoms with Crippen LogP contribution in [0.15, 0.2) is 24.3 Å². The number of unbranched alkanes of at least 4 members (excludes halogenated alkanes) is 1. The van der Waals surface area contributed by atoms with Crippen LogP contribution in [0.4, 0.5) is 0 Å². The Morgan fingerprint density at radius 1 is 0.805 bits per heavy atom. The van der Waals surface area contributed by atoms with Crippen molar-refractivity contribution < 1.29 is 39.0 Å². The number of primary amides is 1. The normalized spacial score (nSPS) is 13.8. The summed E-state index contributed by atoms with van der Waals surface area (Å²) in [7, 11) is 0. The molecule has 0 bridgehead atoms. The average Bonchev–Trinajstić information content (AvgIpc) is 2.88. The molecule has 1 rings (SSSR count). The fourth-order valence-corrected chi connectivity index (χ4v) is 3.95. The lowest BCUT2D eigenvalue weighted by molar-refractivity contribution is -0.142. The second-order valence-corrected chi connectivity index (χ2v) is 10.1. The summed E-state index contributed by atoms with van der Waals surface area (Å²) in [5.41, 5.74) is 11.3. The van der Waals surface area contributed by atoms with Gasteiger partial charge in [0, 0.05) is 19.8 Å².